The summed E-state index contributed by atoms with van der Waals surface area (Å²) in [5.41, 5.74) is 0.824. The zero-order valence-corrected chi connectivity index (χ0v) is 12.3. The topological polar surface area (TPSA) is 75.0 Å². The molecule has 0 saturated heterocycles. The van der Waals surface area contributed by atoms with E-state index in [0.717, 1.165) is 4.57 Å². The summed E-state index contributed by atoms with van der Waals surface area (Å²) in [5, 5.41) is 13.1. The van der Waals surface area contributed by atoms with Crippen molar-refractivity contribution in [1.82, 2.24) is 9.55 Å². The van der Waals surface area contributed by atoms with Crippen LogP contribution in [0, 0.1) is 5.82 Å². The molecule has 1 aromatic carbocycles. The molecule has 5 nitrogen and oxygen atoms in total. The third kappa shape index (κ3) is 2.29. The molecule has 0 saturated carbocycles. The number of nitrogens with zero attached hydrogens (tertiary/aromatic N) is 2. The monoisotopic (exact) mass is 317 g/mol. The molecular weight excluding hydrogens is 307 g/mol. The molecule has 7 heteroatoms. The van der Waals surface area contributed by atoms with Crippen molar-refractivity contribution in [2.24, 2.45) is 0 Å². The summed E-state index contributed by atoms with van der Waals surface area (Å²) in [6.45, 7) is 1.36. The molecule has 3 rings (SSSR count). The van der Waals surface area contributed by atoms with Crippen molar-refractivity contribution < 1.29 is 14.3 Å². The molecule has 0 bridgehead atoms. The Labute approximate surface area is 128 Å². The van der Waals surface area contributed by atoms with Crippen LogP contribution in [-0.2, 0) is 4.79 Å². The van der Waals surface area contributed by atoms with E-state index in [9.17, 15) is 19.1 Å². The molecule has 3 aromatic rings. The Morgan fingerprint density at radius 2 is 2.05 bits per heavy atom. The Balaban J connectivity index is 2.25. The SMILES string of the molecule is C[C@H](C(=O)[O-])n1cnc2scc(-c3ccc(F)cc3)c2c1=O. The van der Waals surface area contributed by atoms with Gasteiger partial charge in [0.25, 0.3) is 5.56 Å². The number of fused-ring (bicyclic) bond motifs is 1. The van der Waals surface area contributed by atoms with Crippen LogP contribution >= 0.6 is 11.3 Å². The van der Waals surface area contributed by atoms with Gasteiger partial charge in [0, 0.05) is 10.9 Å². The first-order valence-electron chi connectivity index (χ1n) is 6.44. The van der Waals surface area contributed by atoms with Crippen molar-refractivity contribution in [3.63, 3.8) is 0 Å². The van der Waals surface area contributed by atoms with Crippen LogP contribution in [-0.4, -0.2) is 15.5 Å². The normalized spacial score (nSPS) is 12.5. The van der Waals surface area contributed by atoms with E-state index in [1.807, 2.05) is 0 Å². The lowest BCUT2D eigenvalue weighted by Crippen LogP contribution is -2.36. The summed E-state index contributed by atoms with van der Waals surface area (Å²) in [4.78, 5) is 28.2. The molecule has 0 amide bonds. The molecular formula is C15H10FN2O3S-. The predicted molar refractivity (Wildman–Crippen MR) is 79.0 cm³/mol. The van der Waals surface area contributed by atoms with Gasteiger partial charge in [0.15, 0.2) is 0 Å². The lowest BCUT2D eigenvalue weighted by atomic mass is 10.1. The Bertz CT molecular complexity index is 915. The predicted octanol–water partition coefficient (Wildman–Crippen LogP) is 1.57. The van der Waals surface area contributed by atoms with Crippen LogP contribution in [0.2, 0.25) is 0 Å². The first kappa shape index (κ1) is 14.4. The number of thiophene rings is 1. The number of rotatable bonds is 3. The molecule has 0 aliphatic rings. The number of benzene rings is 1. The van der Waals surface area contributed by atoms with Crippen molar-refractivity contribution >= 4 is 27.5 Å². The molecule has 0 unspecified atom stereocenters. The summed E-state index contributed by atoms with van der Waals surface area (Å²) in [5.74, 6) is -1.73. The third-order valence-corrected chi connectivity index (χ3v) is 4.32. The highest BCUT2D eigenvalue weighted by atomic mass is 32.1. The molecule has 0 N–H and O–H groups in total. The van der Waals surface area contributed by atoms with E-state index in [4.69, 9.17) is 0 Å². The van der Waals surface area contributed by atoms with Gasteiger partial charge in [0.2, 0.25) is 0 Å². The van der Waals surface area contributed by atoms with E-state index in [0.29, 0.717) is 21.3 Å². The number of hydrogen-bond donors (Lipinski definition) is 0. The van der Waals surface area contributed by atoms with Gasteiger partial charge >= 0.3 is 0 Å². The molecule has 0 aliphatic carbocycles. The molecule has 2 heterocycles. The van der Waals surface area contributed by atoms with E-state index in [1.54, 1.807) is 17.5 Å². The van der Waals surface area contributed by atoms with Gasteiger partial charge in [0.05, 0.1) is 23.7 Å². The van der Waals surface area contributed by atoms with E-state index < -0.39 is 17.6 Å². The number of aliphatic carboxylic acids is 1. The number of carboxylic acids is 1. The Kier molecular flexibility index (Phi) is 3.50. The highest BCUT2D eigenvalue weighted by Crippen LogP contribution is 2.30. The smallest absolute Gasteiger partial charge is 0.263 e. The van der Waals surface area contributed by atoms with Gasteiger partial charge in [0.1, 0.15) is 10.6 Å². The average Bonchev–Trinajstić information content (AvgIpc) is 2.92. The van der Waals surface area contributed by atoms with Crippen LogP contribution in [0.25, 0.3) is 21.3 Å². The van der Waals surface area contributed by atoms with Crippen LogP contribution in [0.1, 0.15) is 13.0 Å². The second kappa shape index (κ2) is 5.34. The molecule has 0 radical (unpaired) electrons. The Morgan fingerprint density at radius 1 is 1.36 bits per heavy atom. The van der Waals surface area contributed by atoms with E-state index >= 15 is 0 Å². The quantitative estimate of drug-likeness (QED) is 0.735. The van der Waals surface area contributed by atoms with Gasteiger partial charge in [-0.25, -0.2) is 9.37 Å². The van der Waals surface area contributed by atoms with Gasteiger partial charge < -0.3 is 9.90 Å². The van der Waals surface area contributed by atoms with Crippen LogP contribution in [0.3, 0.4) is 0 Å². The molecule has 0 fully saturated rings. The summed E-state index contributed by atoms with van der Waals surface area (Å²) < 4.78 is 14.1. The Morgan fingerprint density at radius 3 is 2.68 bits per heavy atom. The third-order valence-electron chi connectivity index (χ3n) is 3.43. The molecule has 112 valence electrons. The minimum atomic E-state index is -1.36. The average molecular weight is 317 g/mol. The van der Waals surface area contributed by atoms with Gasteiger partial charge in [-0.1, -0.05) is 12.1 Å². The highest BCUT2D eigenvalue weighted by Gasteiger charge is 2.16. The minimum absolute atomic E-state index is 0.326. The summed E-state index contributed by atoms with van der Waals surface area (Å²) in [6, 6.07) is 4.62. The molecule has 2 aromatic heterocycles. The van der Waals surface area contributed by atoms with Gasteiger partial charge in [-0.2, -0.15) is 0 Å². The zero-order valence-electron chi connectivity index (χ0n) is 11.4. The number of carbonyl (C=O) groups excluding carboxylic acids is 1. The first-order chi connectivity index (χ1) is 10.5. The molecule has 0 aliphatic heterocycles. The zero-order chi connectivity index (χ0) is 15.9. The highest BCUT2D eigenvalue weighted by molar-refractivity contribution is 7.17. The lowest BCUT2D eigenvalue weighted by Gasteiger charge is -2.15. The standard InChI is InChI=1S/C15H11FN2O3S/c1-8(15(20)21)18-7-17-13-12(14(18)19)11(6-22-13)9-2-4-10(16)5-3-9/h2-8H,1H3,(H,20,21)/p-1/t8-/m1/s1. The van der Waals surface area contributed by atoms with Crippen LogP contribution in [0.5, 0.6) is 0 Å². The largest absolute Gasteiger partial charge is 0.548 e. The maximum Gasteiger partial charge on any atom is 0.263 e. The van der Waals surface area contributed by atoms with E-state index in [1.165, 1.54) is 36.7 Å². The number of halogens is 1. The molecule has 22 heavy (non-hydrogen) atoms. The van der Waals surface area contributed by atoms with Crippen LogP contribution in [0.4, 0.5) is 4.39 Å². The molecule has 1 atom stereocenters. The second-order valence-corrected chi connectivity index (χ2v) is 5.65. The second-order valence-electron chi connectivity index (χ2n) is 4.79. The van der Waals surface area contributed by atoms with E-state index in [2.05, 4.69) is 4.98 Å². The fraction of sp³-hybridized carbons (Fsp3) is 0.133. The van der Waals surface area contributed by atoms with Crippen molar-refractivity contribution in [1.29, 1.82) is 0 Å². The summed E-state index contributed by atoms with van der Waals surface area (Å²) in [7, 11) is 0. The summed E-state index contributed by atoms with van der Waals surface area (Å²) >= 11 is 1.27. The number of carboxylic acid groups (broad SMARTS) is 1. The van der Waals surface area contributed by atoms with Crippen LogP contribution < -0.4 is 10.7 Å². The van der Waals surface area contributed by atoms with Gasteiger partial charge in [-0.05, 0) is 24.6 Å². The lowest BCUT2D eigenvalue weighted by molar-refractivity contribution is -0.309. The fourth-order valence-electron chi connectivity index (χ4n) is 2.18. The van der Waals surface area contributed by atoms with Crippen LogP contribution in [0.15, 0.2) is 40.8 Å². The molecule has 0 spiro atoms. The van der Waals surface area contributed by atoms with Gasteiger partial charge in [-0.3, -0.25) is 9.36 Å². The van der Waals surface area contributed by atoms with Crippen molar-refractivity contribution in [2.45, 2.75) is 13.0 Å². The maximum absolute atomic E-state index is 13.0. The van der Waals surface area contributed by atoms with E-state index in [-0.39, 0.29) is 5.82 Å². The van der Waals surface area contributed by atoms with Gasteiger partial charge in [-0.15, -0.1) is 11.3 Å². The van der Waals surface area contributed by atoms with Crippen molar-refractivity contribution in [3.05, 3.63) is 52.1 Å². The number of carbonyl (C=O) groups is 1. The number of hydrogen-bond acceptors (Lipinski definition) is 5. The Hall–Kier alpha value is -2.54. The maximum atomic E-state index is 13.0. The fourth-order valence-corrected chi connectivity index (χ4v) is 3.08. The first-order valence-corrected chi connectivity index (χ1v) is 7.32. The van der Waals surface area contributed by atoms with Crippen molar-refractivity contribution in [3.8, 4) is 11.1 Å². The number of aromatic nitrogens is 2. The minimum Gasteiger partial charge on any atom is -0.548 e. The van der Waals surface area contributed by atoms with Crippen molar-refractivity contribution in [2.75, 3.05) is 0 Å². The summed E-state index contributed by atoms with van der Waals surface area (Å²) in [6.07, 6.45) is 1.20.